The molecule has 1 aliphatic carbocycles. The fourth-order valence-corrected chi connectivity index (χ4v) is 6.41. The molecule has 0 aliphatic heterocycles. The van der Waals surface area contributed by atoms with E-state index in [9.17, 15) is 14.0 Å². The molecule has 1 fully saturated rings. The van der Waals surface area contributed by atoms with Crippen molar-refractivity contribution >= 4 is 33.1 Å². The van der Waals surface area contributed by atoms with E-state index >= 15 is 4.39 Å². The molecule has 0 spiro atoms. The quantitative estimate of drug-likeness (QED) is 0.102. The topological polar surface area (TPSA) is 77.5 Å². The van der Waals surface area contributed by atoms with Crippen LogP contribution in [0.15, 0.2) is 85.1 Å². The second-order valence-electron chi connectivity index (χ2n) is 11.3. The number of halogens is 2. The summed E-state index contributed by atoms with van der Waals surface area (Å²) in [7, 11) is 1.68. The lowest BCUT2D eigenvalue weighted by Crippen LogP contribution is -2.28. The van der Waals surface area contributed by atoms with E-state index in [1.165, 1.54) is 41.2 Å². The van der Waals surface area contributed by atoms with E-state index in [2.05, 4.69) is 34.6 Å². The zero-order valence-corrected chi connectivity index (χ0v) is 25.6. The first-order valence-electron chi connectivity index (χ1n) is 14.8. The van der Waals surface area contributed by atoms with Gasteiger partial charge in [0.25, 0.3) is 0 Å². The Labute approximate surface area is 264 Å². The summed E-state index contributed by atoms with van der Waals surface area (Å²) in [5.74, 6) is -0.856. The molecule has 0 bridgehead atoms. The molecule has 0 radical (unpaired) electrons. The van der Waals surface area contributed by atoms with E-state index in [1.54, 1.807) is 37.6 Å². The number of methoxy groups -OCH3 is 1. The number of rotatable bonds is 14. The van der Waals surface area contributed by atoms with Gasteiger partial charge in [0, 0.05) is 50.2 Å². The zero-order valence-electron chi connectivity index (χ0n) is 24.8. The summed E-state index contributed by atoms with van der Waals surface area (Å²) in [5.41, 5.74) is 3.07. The predicted molar refractivity (Wildman–Crippen MR) is 171 cm³/mol. The molecule has 2 heterocycles. The third-order valence-corrected chi connectivity index (χ3v) is 9.29. The van der Waals surface area contributed by atoms with Gasteiger partial charge in [-0.3, -0.25) is 14.6 Å². The van der Waals surface area contributed by atoms with Gasteiger partial charge in [0.05, 0.1) is 22.2 Å². The largest absolute Gasteiger partial charge is 0.453 e. The highest BCUT2D eigenvalue weighted by Crippen LogP contribution is 2.49. The average molecular weight is 627 g/mol. The third kappa shape index (κ3) is 7.01. The molecule has 1 saturated carbocycles. The van der Waals surface area contributed by atoms with Crippen molar-refractivity contribution < 1.29 is 27.8 Å². The van der Waals surface area contributed by atoms with Crippen LogP contribution < -0.4 is 10.1 Å². The molecule has 1 aliphatic rings. The Kier molecular flexibility index (Phi) is 9.11. The molecule has 3 aromatic carbocycles. The van der Waals surface area contributed by atoms with Crippen molar-refractivity contribution in [1.82, 2.24) is 10.3 Å². The van der Waals surface area contributed by atoms with Crippen molar-refractivity contribution in [1.29, 1.82) is 0 Å². The fourth-order valence-electron chi connectivity index (χ4n) is 5.34. The molecular formula is C36H32F2N2O4S. The first-order valence-corrected chi connectivity index (χ1v) is 15.6. The predicted octanol–water partition coefficient (Wildman–Crippen LogP) is 7.47. The minimum absolute atomic E-state index is 0.0347. The van der Waals surface area contributed by atoms with Crippen LogP contribution >= 0.6 is 11.3 Å². The molecular weight excluding hydrogens is 594 g/mol. The Balaban J connectivity index is 1.12. The van der Waals surface area contributed by atoms with E-state index in [1.807, 2.05) is 6.07 Å². The third-order valence-electron chi connectivity index (χ3n) is 8.10. The number of carbonyl (C=O) groups is 2. The first kappa shape index (κ1) is 30.7. The Morgan fingerprint density at radius 1 is 0.867 bits per heavy atom. The standard InChI is InChI=1S/C36H32F2N2O4S/c1-43-17-16-39-22-24-2-7-26(8-3-24)32-21-29-35(45-32)31(12-15-40-29)44-30-11-6-25(18-28(30)38)20-34(42)36(13-14-36)33(41)19-23-4-9-27(37)10-5-23/h2-12,15,18,21,39H,13-14,16-17,19-20,22H2,1H3. The Morgan fingerprint density at radius 3 is 2.24 bits per heavy atom. The number of benzene rings is 3. The second-order valence-corrected chi connectivity index (χ2v) is 12.3. The number of ether oxygens (including phenoxy) is 2. The summed E-state index contributed by atoms with van der Waals surface area (Å²) in [6, 6.07) is 22.2. The fraction of sp³-hybridized carbons (Fsp3) is 0.250. The zero-order chi connectivity index (χ0) is 31.4. The number of fused-ring (bicyclic) bond motifs is 1. The second kappa shape index (κ2) is 13.4. The van der Waals surface area contributed by atoms with Crippen molar-refractivity contribution in [2.45, 2.75) is 32.2 Å². The van der Waals surface area contributed by atoms with E-state index < -0.39 is 11.2 Å². The first-order chi connectivity index (χ1) is 21.8. The van der Waals surface area contributed by atoms with E-state index in [4.69, 9.17) is 9.47 Å². The normalized spacial score (nSPS) is 13.6. The molecule has 230 valence electrons. The highest BCUT2D eigenvalue weighted by Gasteiger charge is 2.54. The lowest BCUT2D eigenvalue weighted by molar-refractivity contribution is -0.133. The average Bonchev–Trinajstić information content (AvgIpc) is 3.75. The SMILES string of the molecule is COCCNCc1ccc(-c2cc3nccc(Oc4ccc(CC(=O)C5(C(=O)Cc6ccc(F)cc6)CC5)cc4F)c3s2)cc1. The van der Waals surface area contributed by atoms with Gasteiger partial charge >= 0.3 is 0 Å². The number of nitrogens with zero attached hydrogens (tertiary/aromatic N) is 1. The lowest BCUT2D eigenvalue weighted by Gasteiger charge is -2.14. The van der Waals surface area contributed by atoms with Gasteiger partial charge in [-0.2, -0.15) is 0 Å². The smallest absolute Gasteiger partial charge is 0.166 e. The minimum atomic E-state index is -1.04. The number of nitrogens with one attached hydrogen (secondary N) is 1. The minimum Gasteiger partial charge on any atom is -0.453 e. The van der Waals surface area contributed by atoms with Crippen molar-refractivity contribution in [2.24, 2.45) is 5.41 Å². The van der Waals surface area contributed by atoms with Crippen LogP contribution in [0.1, 0.15) is 29.5 Å². The van der Waals surface area contributed by atoms with Crippen molar-refractivity contribution in [3.8, 4) is 21.9 Å². The van der Waals surface area contributed by atoms with Crippen LogP contribution in [0.3, 0.4) is 0 Å². The highest BCUT2D eigenvalue weighted by atomic mass is 32.1. The van der Waals surface area contributed by atoms with Crippen LogP contribution in [0, 0.1) is 17.0 Å². The number of aromatic nitrogens is 1. The number of hydrogen-bond donors (Lipinski definition) is 1. The van der Waals surface area contributed by atoms with Crippen LogP contribution in [0.4, 0.5) is 8.78 Å². The summed E-state index contributed by atoms with van der Waals surface area (Å²) in [5, 5.41) is 3.33. The Hall–Kier alpha value is -4.31. The van der Waals surface area contributed by atoms with Gasteiger partial charge in [0.1, 0.15) is 11.6 Å². The van der Waals surface area contributed by atoms with E-state index in [-0.39, 0.29) is 36.0 Å². The molecule has 6 rings (SSSR count). The van der Waals surface area contributed by atoms with Crippen LogP contribution in [-0.2, 0) is 33.7 Å². The molecule has 5 aromatic rings. The highest BCUT2D eigenvalue weighted by molar-refractivity contribution is 7.22. The summed E-state index contributed by atoms with van der Waals surface area (Å²) in [4.78, 5) is 31.7. The summed E-state index contributed by atoms with van der Waals surface area (Å²) >= 11 is 1.52. The molecule has 45 heavy (non-hydrogen) atoms. The Bertz CT molecular complexity index is 1830. The molecule has 0 saturated heterocycles. The number of ketones is 2. The molecule has 9 heteroatoms. The van der Waals surface area contributed by atoms with E-state index in [0.29, 0.717) is 36.3 Å². The maximum atomic E-state index is 15.3. The van der Waals surface area contributed by atoms with Gasteiger partial charge < -0.3 is 14.8 Å². The summed E-state index contributed by atoms with van der Waals surface area (Å²) in [6.07, 6.45) is 2.60. The van der Waals surface area contributed by atoms with Crippen LogP contribution in [0.25, 0.3) is 20.7 Å². The number of thiophene rings is 1. The number of hydrogen-bond acceptors (Lipinski definition) is 7. The van der Waals surface area contributed by atoms with Gasteiger partial charge in [-0.05, 0) is 65.4 Å². The van der Waals surface area contributed by atoms with Crippen molar-refractivity contribution in [3.63, 3.8) is 0 Å². The molecule has 0 amide bonds. The molecule has 0 atom stereocenters. The summed E-state index contributed by atoms with van der Waals surface area (Å²) in [6.45, 7) is 2.20. The van der Waals surface area contributed by atoms with Gasteiger partial charge in [-0.25, -0.2) is 8.78 Å². The van der Waals surface area contributed by atoms with E-state index in [0.717, 1.165) is 33.7 Å². The van der Waals surface area contributed by atoms with Gasteiger partial charge in [0.15, 0.2) is 23.1 Å². The van der Waals surface area contributed by atoms with Crippen LogP contribution in [-0.4, -0.2) is 36.8 Å². The summed E-state index contributed by atoms with van der Waals surface area (Å²) < 4.78 is 40.4. The monoisotopic (exact) mass is 626 g/mol. The number of Topliss-reactive ketones (excluding diaryl/α,β-unsaturated/α-hetero) is 2. The van der Waals surface area contributed by atoms with Gasteiger partial charge in [-0.15, -0.1) is 11.3 Å². The van der Waals surface area contributed by atoms with Gasteiger partial charge in [-0.1, -0.05) is 42.5 Å². The molecule has 2 aromatic heterocycles. The van der Waals surface area contributed by atoms with Crippen molar-refractivity contribution in [3.05, 3.63) is 113 Å². The van der Waals surface area contributed by atoms with Crippen molar-refractivity contribution in [2.75, 3.05) is 20.3 Å². The maximum Gasteiger partial charge on any atom is 0.166 e. The van der Waals surface area contributed by atoms with Crippen LogP contribution in [0.2, 0.25) is 0 Å². The molecule has 6 nitrogen and oxygen atoms in total. The molecule has 0 unspecified atom stereocenters. The van der Waals surface area contributed by atoms with Gasteiger partial charge in [0.2, 0.25) is 0 Å². The maximum absolute atomic E-state index is 15.3. The number of carbonyl (C=O) groups excluding carboxylic acids is 2. The van der Waals surface area contributed by atoms with Crippen LogP contribution in [0.5, 0.6) is 11.5 Å². The lowest BCUT2D eigenvalue weighted by atomic mass is 9.88. The Morgan fingerprint density at radius 2 is 1.56 bits per heavy atom. The molecule has 1 N–H and O–H groups in total. The number of pyridine rings is 1.